The second-order valence-corrected chi connectivity index (χ2v) is 5.77. The van der Waals surface area contributed by atoms with Gasteiger partial charge in [-0.15, -0.1) is 11.3 Å². The molecule has 0 saturated carbocycles. The summed E-state index contributed by atoms with van der Waals surface area (Å²) in [5.41, 5.74) is 10.2. The van der Waals surface area contributed by atoms with Crippen LogP contribution >= 0.6 is 11.3 Å². The van der Waals surface area contributed by atoms with Crippen molar-refractivity contribution in [3.8, 4) is 27.6 Å². The SMILES string of the molecule is COc1ccc2c(c1)-c1nc(-c3cn[nH]c3N)sc1C2. The number of fused-ring (bicyclic) bond motifs is 3. The van der Waals surface area contributed by atoms with Gasteiger partial charge >= 0.3 is 0 Å². The van der Waals surface area contributed by atoms with Gasteiger partial charge in [0.05, 0.1) is 24.6 Å². The molecule has 0 saturated heterocycles. The maximum atomic E-state index is 5.86. The fourth-order valence-electron chi connectivity index (χ4n) is 2.49. The molecule has 1 aliphatic carbocycles. The number of hydrogen-bond donors (Lipinski definition) is 2. The monoisotopic (exact) mass is 284 g/mol. The van der Waals surface area contributed by atoms with Crippen molar-refractivity contribution in [3.63, 3.8) is 0 Å². The lowest BCUT2D eigenvalue weighted by atomic mass is 10.1. The molecule has 0 atom stereocenters. The fourth-order valence-corrected chi connectivity index (χ4v) is 3.62. The minimum absolute atomic E-state index is 0.559. The summed E-state index contributed by atoms with van der Waals surface area (Å²) in [5.74, 6) is 1.41. The summed E-state index contributed by atoms with van der Waals surface area (Å²) in [6.07, 6.45) is 2.64. The number of methoxy groups -OCH3 is 1. The molecule has 20 heavy (non-hydrogen) atoms. The van der Waals surface area contributed by atoms with E-state index in [-0.39, 0.29) is 0 Å². The van der Waals surface area contributed by atoms with Gasteiger partial charge in [-0.2, -0.15) is 5.10 Å². The Labute approximate surface area is 119 Å². The summed E-state index contributed by atoms with van der Waals surface area (Å²) in [6, 6.07) is 6.14. The zero-order chi connectivity index (χ0) is 13.7. The molecule has 0 unspecified atom stereocenters. The van der Waals surface area contributed by atoms with Gasteiger partial charge in [0.1, 0.15) is 16.6 Å². The van der Waals surface area contributed by atoms with Crippen LogP contribution in [0.15, 0.2) is 24.4 Å². The molecular formula is C14H12N4OS. The number of aromatic nitrogens is 3. The van der Waals surface area contributed by atoms with Crippen LogP contribution < -0.4 is 10.5 Å². The Hall–Kier alpha value is -2.34. The van der Waals surface area contributed by atoms with E-state index in [1.165, 1.54) is 10.4 Å². The van der Waals surface area contributed by atoms with E-state index in [0.29, 0.717) is 5.82 Å². The highest BCUT2D eigenvalue weighted by Gasteiger charge is 2.25. The van der Waals surface area contributed by atoms with Crippen LogP contribution in [0, 0.1) is 0 Å². The van der Waals surface area contributed by atoms with Gasteiger partial charge in [-0.25, -0.2) is 4.98 Å². The Morgan fingerprint density at radius 1 is 1.35 bits per heavy atom. The number of ether oxygens (including phenoxy) is 1. The summed E-state index contributed by atoms with van der Waals surface area (Å²) in [4.78, 5) is 6.00. The molecule has 1 aliphatic rings. The van der Waals surface area contributed by atoms with Gasteiger partial charge < -0.3 is 10.5 Å². The highest BCUT2D eigenvalue weighted by Crippen LogP contribution is 2.43. The van der Waals surface area contributed by atoms with Crippen LogP contribution in [0.2, 0.25) is 0 Å². The van der Waals surface area contributed by atoms with Crippen LogP contribution in [-0.4, -0.2) is 22.3 Å². The molecule has 0 fully saturated rings. The number of rotatable bonds is 2. The Morgan fingerprint density at radius 2 is 2.25 bits per heavy atom. The van der Waals surface area contributed by atoms with E-state index in [9.17, 15) is 0 Å². The molecule has 100 valence electrons. The number of nitrogen functional groups attached to an aromatic ring is 1. The lowest BCUT2D eigenvalue weighted by Crippen LogP contribution is -1.88. The molecule has 0 bridgehead atoms. The predicted molar refractivity (Wildman–Crippen MR) is 78.9 cm³/mol. The molecule has 0 radical (unpaired) electrons. The standard InChI is InChI=1S/C14H12N4OS/c1-19-8-3-2-7-4-11-12(9(7)5-8)17-14(20-11)10-6-16-18-13(10)15/h2-3,5-6H,4H2,1H3,(H3,15,16,18). The Bertz CT molecular complexity index is 805. The number of nitrogens with zero attached hydrogens (tertiary/aromatic N) is 2. The predicted octanol–water partition coefficient (Wildman–Crippen LogP) is 2.70. The first-order valence-corrected chi connectivity index (χ1v) is 7.04. The highest BCUT2D eigenvalue weighted by atomic mass is 32.1. The average molecular weight is 284 g/mol. The Morgan fingerprint density at radius 3 is 3.00 bits per heavy atom. The zero-order valence-corrected chi connectivity index (χ0v) is 11.6. The highest BCUT2D eigenvalue weighted by molar-refractivity contribution is 7.15. The van der Waals surface area contributed by atoms with Gasteiger partial charge in [-0.1, -0.05) is 6.07 Å². The van der Waals surface area contributed by atoms with Gasteiger partial charge in [0.2, 0.25) is 0 Å². The van der Waals surface area contributed by atoms with Crippen LogP contribution in [0.25, 0.3) is 21.8 Å². The van der Waals surface area contributed by atoms with E-state index >= 15 is 0 Å². The molecule has 0 spiro atoms. The van der Waals surface area contributed by atoms with Crippen LogP contribution in [0.3, 0.4) is 0 Å². The maximum Gasteiger partial charge on any atom is 0.129 e. The van der Waals surface area contributed by atoms with E-state index < -0.39 is 0 Å². The molecule has 4 rings (SSSR count). The summed E-state index contributed by atoms with van der Waals surface area (Å²) in [5, 5.41) is 7.60. The molecule has 6 heteroatoms. The first kappa shape index (κ1) is 11.5. The van der Waals surface area contributed by atoms with Gasteiger partial charge in [0, 0.05) is 16.9 Å². The van der Waals surface area contributed by atoms with Crippen LogP contribution in [0.1, 0.15) is 10.4 Å². The van der Waals surface area contributed by atoms with Gasteiger partial charge in [0.15, 0.2) is 0 Å². The van der Waals surface area contributed by atoms with Crippen molar-refractivity contribution in [2.75, 3.05) is 12.8 Å². The van der Waals surface area contributed by atoms with Gasteiger partial charge in [-0.3, -0.25) is 5.10 Å². The zero-order valence-electron chi connectivity index (χ0n) is 10.8. The van der Waals surface area contributed by atoms with E-state index in [4.69, 9.17) is 15.5 Å². The quantitative estimate of drug-likeness (QED) is 0.593. The molecule has 5 nitrogen and oxygen atoms in total. The smallest absolute Gasteiger partial charge is 0.129 e. The molecule has 0 amide bonds. The number of anilines is 1. The molecule has 2 aromatic heterocycles. The van der Waals surface area contributed by atoms with Crippen molar-refractivity contribution in [1.82, 2.24) is 15.2 Å². The number of benzene rings is 1. The number of H-pyrrole nitrogens is 1. The molecular weight excluding hydrogens is 272 g/mol. The first-order valence-electron chi connectivity index (χ1n) is 6.22. The second-order valence-electron chi connectivity index (χ2n) is 4.69. The summed E-state index contributed by atoms with van der Waals surface area (Å²) in [7, 11) is 1.68. The molecule has 1 aromatic carbocycles. The summed E-state index contributed by atoms with van der Waals surface area (Å²) < 4.78 is 5.29. The summed E-state index contributed by atoms with van der Waals surface area (Å²) >= 11 is 1.67. The lowest BCUT2D eigenvalue weighted by molar-refractivity contribution is 0.415. The largest absolute Gasteiger partial charge is 0.497 e. The third-order valence-electron chi connectivity index (χ3n) is 3.52. The van der Waals surface area contributed by atoms with Crippen molar-refractivity contribution in [2.24, 2.45) is 0 Å². The normalized spacial score (nSPS) is 12.2. The van der Waals surface area contributed by atoms with Gasteiger partial charge in [-0.05, 0) is 17.7 Å². The Kier molecular flexibility index (Phi) is 2.34. The van der Waals surface area contributed by atoms with E-state index in [2.05, 4.69) is 16.3 Å². The Balaban J connectivity index is 1.84. The molecule has 3 aromatic rings. The molecule has 2 heterocycles. The topological polar surface area (TPSA) is 76.8 Å². The van der Waals surface area contributed by atoms with Crippen molar-refractivity contribution >= 4 is 17.2 Å². The van der Waals surface area contributed by atoms with Crippen molar-refractivity contribution in [3.05, 3.63) is 34.8 Å². The van der Waals surface area contributed by atoms with Crippen molar-refractivity contribution in [2.45, 2.75) is 6.42 Å². The number of hydrogen-bond acceptors (Lipinski definition) is 5. The van der Waals surface area contributed by atoms with Crippen LogP contribution in [0.5, 0.6) is 5.75 Å². The number of thiazole rings is 1. The first-order chi connectivity index (χ1) is 9.76. The summed E-state index contributed by atoms with van der Waals surface area (Å²) in [6.45, 7) is 0. The number of nitrogens with one attached hydrogen (secondary N) is 1. The van der Waals surface area contributed by atoms with E-state index in [0.717, 1.165) is 34.0 Å². The third kappa shape index (κ3) is 1.55. The van der Waals surface area contributed by atoms with Crippen LogP contribution in [0.4, 0.5) is 5.82 Å². The number of aromatic amines is 1. The minimum atomic E-state index is 0.559. The maximum absolute atomic E-state index is 5.86. The third-order valence-corrected chi connectivity index (χ3v) is 4.61. The van der Waals surface area contributed by atoms with Crippen LogP contribution in [-0.2, 0) is 6.42 Å². The fraction of sp³-hybridized carbons (Fsp3) is 0.143. The van der Waals surface area contributed by atoms with Crippen molar-refractivity contribution in [1.29, 1.82) is 0 Å². The number of nitrogens with two attached hydrogens (primary N) is 1. The minimum Gasteiger partial charge on any atom is -0.497 e. The van der Waals surface area contributed by atoms with E-state index in [1.54, 1.807) is 24.6 Å². The molecule has 3 N–H and O–H groups in total. The average Bonchev–Trinajstić information content (AvgIpc) is 3.11. The second kappa shape index (κ2) is 4.08. The molecule has 0 aliphatic heterocycles. The van der Waals surface area contributed by atoms with Crippen molar-refractivity contribution < 1.29 is 4.74 Å². The van der Waals surface area contributed by atoms with Gasteiger partial charge in [0.25, 0.3) is 0 Å². The lowest BCUT2D eigenvalue weighted by Gasteiger charge is -2.03. The van der Waals surface area contributed by atoms with E-state index in [1.807, 2.05) is 12.1 Å².